The highest BCUT2D eigenvalue weighted by atomic mass is 32.2. The zero-order valence-electron chi connectivity index (χ0n) is 10.1. The minimum atomic E-state index is -3.23. The highest BCUT2D eigenvalue weighted by Crippen LogP contribution is 2.12. The van der Waals surface area contributed by atoms with Crippen LogP contribution in [-0.2, 0) is 16.4 Å². The number of hydrogen-bond donors (Lipinski definition) is 2. The molecule has 0 aliphatic heterocycles. The van der Waals surface area contributed by atoms with Crippen molar-refractivity contribution >= 4 is 15.7 Å². The molecule has 0 heterocycles. The number of sulfonamides is 1. The zero-order chi connectivity index (χ0) is 12.7. The molecule has 0 fully saturated rings. The van der Waals surface area contributed by atoms with E-state index in [1.165, 1.54) is 5.56 Å². The van der Waals surface area contributed by atoms with Crippen LogP contribution in [0.15, 0.2) is 24.3 Å². The van der Waals surface area contributed by atoms with Gasteiger partial charge in [-0.25, -0.2) is 8.42 Å². The summed E-state index contributed by atoms with van der Waals surface area (Å²) in [7, 11) is -3.23. The van der Waals surface area contributed by atoms with Crippen molar-refractivity contribution in [2.75, 3.05) is 17.0 Å². The summed E-state index contributed by atoms with van der Waals surface area (Å²) in [6.45, 7) is 2.59. The Balaban J connectivity index is 2.56. The molecule has 96 valence electrons. The number of rotatable bonds is 7. The fraction of sp³-hybridized carbons (Fsp3) is 0.500. The quantitative estimate of drug-likeness (QED) is 0.730. The molecule has 0 amide bonds. The molecule has 5 heteroatoms. The summed E-state index contributed by atoms with van der Waals surface area (Å²) in [5.74, 6) is 0.125. The van der Waals surface area contributed by atoms with Crippen LogP contribution in [0.2, 0.25) is 0 Å². The first-order valence-corrected chi connectivity index (χ1v) is 7.52. The van der Waals surface area contributed by atoms with Crippen LogP contribution in [0.5, 0.6) is 0 Å². The van der Waals surface area contributed by atoms with Gasteiger partial charge < -0.3 is 5.73 Å². The summed E-state index contributed by atoms with van der Waals surface area (Å²) in [5, 5.41) is 0. The summed E-state index contributed by atoms with van der Waals surface area (Å²) in [6.07, 6.45) is 2.28. The SMILES string of the molecule is CCc1ccc(NS(=O)(=O)CCCCN)cc1. The smallest absolute Gasteiger partial charge is 0.232 e. The molecular formula is C12H20N2O2S. The Morgan fingerprint density at radius 2 is 1.82 bits per heavy atom. The lowest BCUT2D eigenvalue weighted by Gasteiger charge is -2.08. The van der Waals surface area contributed by atoms with Gasteiger partial charge in [0.1, 0.15) is 0 Å². The van der Waals surface area contributed by atoms with Gasteiger partial charge in [-0.05, 0) is 43.5 Å². The van der Waals surface area contributed by atoms with Gasteiger partial charge >= 0.3 is 0 Å². The van der Waals surface area contributed by atoms with E-state index in [1.54, 1.807) is 12.1 Å². The number of anilines is 1. The number of aryl methyl sites for hydroxylation is 1. The second-order valence-corrected chi connectivity index (χ2v) is 5.81. The predicted octanol–water partition coefficient (Wildman–Crippen LogP) is 1.73. The van der Waals surface area contributed by atoms with E-state index in [0.717, 1.165) is 12.8 Å². The first-order valence-electron chi connectivity index (χ1n) is 5.87. The molecule has 0 bridgehead atoms. The lowest BCUT2D eigenvalue weighted by molar-refractivity contribution is 0.597. The van der Waals surface area contributed by atoms with E-state index in [-0.39, 0.29) is 5.75 Å². The highest BCUT2D eigenvalue weighted by molar-refractivity contribution is 7.92. The van der Waals surface area contributed by atoms with Crippen LogP contribution in [0.1, 0.15) is 25.3 Å². The fourth-order valence-corrected chi connectivity index (χ4v) is 2.66. The minimum absolute atomic E-state index is 0.125. The predicted molar refractivity (Wildman–Crippen MR) is 71.5 cm³/mol. The zero-order valence-corrected chi connectivity index (χ0v) is 11.0. The van der Waals surface area contributed by atoms with Gasteiger partial charge in [0.2, 0.25) is 10.0 Å². The number of hydrogen-bond acceptors (Lipinski definition) is 3. The Morgan fingerprint density at radius 3 is 2.35 bits per heavy atom. The van der Waals surface area contributed by atoms with Gasteiger partial charge in [0.15, 0.2) is 0 Å². The molecule has 0 aliphatic carbocycles. The van der Waals surface area contributed by atoms with Crippen LogP contribution < -0.4 is 10.5 Å². The number of nitrogens with one attached hydrogen (secondary N) is 1. The average molecular weight is 256 g/mol. The molecule has 4 nitrogen and oxygen atoms in total. The summed E-state index contributed by atoms with van der Waals surface area (Å²) in [6, 6.07) is 7.44. The molecule has 0 saturated heterocycles. The van der Waals surface area contributed by atoms with Crippen molar-refractivity contribution in [2.24, 2.45) is 5.73 Å². The van der Waals surface area contributed by atoms with Crippen molar-refractivity contribution < 1.29 is 8.42 Å². The van der Waals surface area contributed by atoms with Crippen molar-refractivity contribution in [1.29, 1.82) is 0 Å². The molecule has 0 spiro atoms. The first-order chi connectivity index (χ1) is 8.07. The molecule has 0 aliphatic rings. The maximum absolute atomic E-state index is 11.7. The summed E-state index contributed by atoms with van der Waals surface area (Å²) >= 11 is 0. The van der Waals surface area contributed by atoms with Gasteiger partial charge in [0.05, 0.1) is 5.75 Å². The second kappa shape index (κ2) is 6.61. The second-order valence-electron chi connectivity index (χ2n) is 3.97. The van der Waals surface area contributed by atoms with E-state index < -0.39 is 10.0 Å². The largest absolute Gasteiger partial charge is 0.330 e. The summed E-state index contributed by atoms with van der Waals surface area (Å²) in [4.78, 5) is 0. The van der Waals surface area contributed by atoms with E-state index in [2.05, 4.69) is 11.6 Å². The van der Waals surface area contributed by atoms with Gasteiger partial charge in [-0.3, -0.25) is 4.72 Å². The van der Waals surface area contributed by atoms with Crippen molar-refractivity contribution in [1.82, 2.24) is 0 Å². The molecule has 0 radical (unpaired) electrons. The maximum atomic E-state index is 11.7. The van der Waals surface area contributed by atoms with E-state index in [1.807, 2.05) is 12.1 Å². The van der Waals surface area contributed by atoms with E-state index in [4.69, 9.17) is 5.73 Å². The topological polar surface area (TPSA) is 72.2 Å². The Morgan fingerprint density at radius 1 is 1.18 bits per heavy atom. The third-order valence-electron chi connectivity index (χ3n) is 2.50. The minimum Gasteiger partial charge on any atom is -0.330 e. The first kappa shape index (κ1) is 14.0. The Hall–Kier alpha value is -1.07. The molecule has 1 rings (SSSR count). The lowest BCUT2D eigenvalue weighted by Crippen LogP contribution is -2.17. The van der Waals surface area contributed by atoms with Crippen molar-refractivity contribution in [3.8, 4) is 0 Å². The third kappa shape index (κ3) is 5.19. The number of nitrogens with two attached hydrogens (primary N) is 1. The van der Waals surface area contributed by atoms with Gasteiger partial charge in [-0.15, -0.1) is 0 Å². The molecular weight excluding hydrogens is 236 g/mol. The van der Waals surface area contributed by atoms with Crippen LogP contribution in [-0.4, -0.2) is 20.7 Å². The Labute approximate surface area is 103 Å². The molecule has 3 N–H and O–H groups in total. The monoisotopic (exact) mass is 256 g/mol. The van der Waals surface area contributed by atoms with Gasteiger partial charge in [-0.1, -0.05) is 19.1 Å². The number of unbranched alkanes of at least 4 members (excludes halogenated alkanes) is 1. The Bertz CT molecular complexity index is 426. The van der Waals surface area contributed by atoms with Crippen molar-refractivity contribution in [3.63, 3.8) is 0 Å². The van der Waals surface area contributed by atoms with Crippen LogP contribution in [0, 0.1) is 0 Å². The summed E-state index contributed by atoms with van der Waals surface area (Å²) < 4.78 is 25.9. The standard InChI is InChI=1S/C12H20N2O2S/c1-2-11-5-7-12(8-6-11)14-17(15,16)10-4-3-9-13/h5-8,14H,2-4,9-10,13H2,1H3. The van der Waals surface area contributed by atoms with Crippen LogP contribution in [0.25, 0.3) is 0 Å². The summed E-state index contributed by atoms with van der Waals surface area (Å²) in [5.41, 5.74) is 7.14. The van der Waals surface area contributed by atoms with Crippen molar-refractivity contribution in [2.45, 2.75) is 26.2 Å². The molecule has 17 heavy (non-hydrogen) atoms. The lowest BCUT2D eigenvalue weighted by atomic mass is 10.2. The van der Waals surface area contributed by atoms with Crippen LogP contribution in [0.4, 0.5) is 5.69 Å². The Kier molecular flexibility index (Phi) is 5.44. The molecule has 0 atom stereocenters. The molecule has 0 unspecified atom stereocenters. The maximum Gasteiger partial charge on any atom is 0.232 e. The van der Waals surface area contributed by atoms with E-state index in [0.29, 0.717) is 18.7 Å². The molecule has 0 aromatic heterocycles. The molecule has 1 aromatic rings. The average Bonchev–Trinajstić information content (AvgIpc) is 2.30. The van der Waals surface area contributed by atoms with E-state index >= 15 is 0 Å². The van der Waals surface area contributed by atoms with E-state index in [9.17, 15) is 8.42 Å². The molecule has 0 saturated carbocycles. The molecule has 1 aromatic carbocycles. The fourth-order valence-electron chi connectivity index (χ4n) is 1.48. The third-order valence-corrected chi connectivity index (χ3v) is 3.88. The van der Waals surface area contributed by atoms with Crippen molar-refractivity contribution in [3.05, 3.63) is 29.8 Å². The van der Waals surface area contributed by atoms with Gasteiger partial charge in [0, 0.05) is 5.69 Å². The van der Waals surface area contributed by atoms with Crippen LogP contribution >= 0.6 is 0 Å². The highest BCUT2D eigenvalue weighted by Gasteiger charge is 2.09. The normalized spacial score (nSPS) is 11.4. The number of benzene rings is 1. The van der Waals surface area contributed by atoms with Crippen LogP contribution in [0.3, 0.4) is 0 Å². The van der Waals surface area contributed by atoms with Gasteiger partial charge in [0.25, 0.3) is 0 Å². The van der Waals surface area contributed by atoms with Gasteiger partial charge in [-0.2, -0.15) is 0 Å².